The molecule has 0 atom stereocenters. The number of carbonyl (C=O) groups is 1. The molecular weight excluding hydrogens is 230 g/mol. The molecule has 2 nitrogen and oxygen atoms in total. The van der Waals surface area contributed by atoms with Crippen LogP contribution >= 0.6 is 11.8 Å². The Hall–Kier alpha value is -0.960. The maximum atomic E-state index is 11.4. The van der Waals surface area contributed by atoms with Crippen molar-refractivity contribution in [3.05, 3.63) is 34.9 Å². The van der Waals surface area contributed by atoms with Crippen LogP contribution < -0.4 is 5.32 Å². The first-order valence-electron chi connectivity index (χ1n) is 6.04. The van der Waals surface area contributed by atoms with Gasteiger partial charge in [-0.05, 0) is 31.4 Å². The van der Waals surface area contributed by atoms with Gasteiger partial charge in [0.2, 0.25) is 5.91 Å². The fourth-order valence-electron chi connectivity index (χ4n) is 1.52. The van der Waals surface area contributed by atoms with Crippen LogP contribution in [0.15, 0.2) is 18.2 Å². The van der Waals surface area contributed by atoms with Gasteiger partial charge in [0, 0.05) is 12.3 Å². The molecule has 0 heterocycles. The lowest BCUT2D eigenvalue weighted by atomic mass is 10.1. The highest BCUT2D eigenvalue weighted by molar-refractivity contribution is 7.99. The van der Waals surface area contributed by atoms with E-state index >= 15 is 0 Å². The van der Waals surface area contributed by atoms with Gasteiger partial charge >= 0.3 is 0 Å². The Bertz CT molecular complexity index is 376. The molecule has 1 aromatic rings. The van der Waals surface area contributed by atoms with Crippen LogP contribution in [-0.2, 0) is 10.5 Å². The van der Waals surface area contributed by atoms with E-state index in [-0.39, 0.29) is 5.91 Å². The molecule has 0 radical (unpaired) electrons. The van der Waals surface area contributed by atoms with Crippen molar-refractivity contribution in [2.75, 3.05) is 12.3 Å². The largest absolute Gasteiger partial charge is 0.355 e. The molecule has 1 amide bonds. The van der Waals surface area contributed by atoms with E-state index < -0.39 is 0 Å². The minimum absolute atomic E-state index is 0.141. The fourth-order valence-corrected chi connectivity index (χ4v) is 2.45. The van der Waals surface area contributed by atoms with Gasteiger partial charge < -0.3 is 5.32 Å². The minimum Gasteiger partial charge on any atom is -0.355 e. The highest BCUT2D eigenvalue weighted by atomic mass is 32.2. The molecule has 1 rings (SSSR count). The number of rotatable bonds is 6. The third-order valence-electron chi connectivity index (χ3n) is 2.57. The number of thioether (sulfide) groups is 1. The molecule has 0 saturated heterocycles. The van der Waals surface area contributed by atoms with E-state index in [1.807, 2.05) is 0 Å². The summed E-state index contributed by atoms with van der Waals surface area (Å²) < 4.78 is 0. The lowest BCUT2D eigenvalue weighted by Crippen LogP contribution is -2.25. The van der Waals surface area contributed by atoms with Crippen molar-refractivity contribution in [2.24, 2.45) is 0 Å². The highest BCUT2D eigenvalue weighted by Gasteiger charge is 2.03. The molecule has 0 spiro atoms. The average molecular weight is 251 g/mol. The molecule has 0 bridgehead atoms. The third kappa shape index (κ3) is 5.26. The molecule has 0 fully saturated rings. The van der Waals surface area contributed by atoms with E-state index in [1.165, 1.54) is 16.7 Å². The van der Waals surface area contributed by atoms with Gasteiger partial charge in [-0.3, -0.25) is 4.79 Å². The van der Waals surface area contributed by atoms with Crippen LogP contribution in [0.3, 0.4) is 0 Å². The number of carbonyl (C=O) groups excluding carboxylic acids is 1. The fraction of sp³-hybridized carbons (Fsp3) is 0.500. The summed E-state index contributed by atoms with van der Waals surface area (Å²) in [6.07, 6.45) is 0.993. The molecule has 1 aromatic carbocycles. The van der Waals surface area contributed by atoms with Crippen LogP contribution in [0, 0.1) is 13.8 Å². The van der Waals surface area contributed by atoms with Gasteiger partial charge in [-0.2, -0.15) is 0 Å². The number of hydrogen-bond acceptors (Lipinski definition) is 2. The maximum absolute atomic E-state index is 11.4. The van der Waals surface area contributed by atoms with E-state index in [9.17, 15) is 4.79 Å². The second-order valence-corrected chi connectivity index (χ2v) is 5.26. The van der Waals surface area contributed by atoms with Crippen LogP contribution in [0.5, 0.6) is 0 Å². The Morgan fingerprint density at radius 2 is 2.12 bits per heavy atom. The van der Waals surface area contributed by atoms with Crippen molar-refractivity contribution >= 4 is 17.7 Å². The van der Waals surface area contributed by atoms with E-state index in [0.29, 0.717) is 5.75 Å². The SMILES string of the molecule is CCCNC(=O)CSCc1cc(C)ccc1C. The van der Waals surface area contributed by atoms with Crippen molar-refractivity contribution in [3.8, 4) is 0 Å². The zero-order chi connectivity index (χ0) is 12.7. The summed E-state index contributed by atoms with van der Waals surface area (Å²) in [6, 6.07) is 6.46. The van der Waals surface area contributed by atoms with Gasteiger partial charge in [0.05, 0.1) is 5.75 Å². The molecule has 0 unspecified atom stereocenters. The number of nitrogens with one attached hydrogen (secondary N) is 1. The topological polar surface area (TPSA) is 29.1 Å². The van der Waals surface area contributed by atoms with Crippen LogP contribution in [0.1, 0.15) is 30.0 Å². The summed E-state index contributed by atoms with van der Waals surface area (Å²) in [5.41, 5.74) is 3.91. The quantitative estimate of drug-likeness (QED) is 0.842. The Labute approximate surface area is 108 Å². The Morgan fingerprint density at radius 3 is 2.82 bits per heavy atom. The normalized spacial score (nSPS) is 10.3. The predicted molar refractivity (Wildman–Crippen MR) is 75.4 cm³/mol. The number of benzene rings is 1. The minimum atomic E-state index is 0.141. The second kappa shape index (κ2) is 7.38. The number of hydrogen-bond donors (Lipinski definition) is 1. The molecule has 0 aliphatic heterocycles. The van der Waals surface area contributed by atoms with Gasteiger partial charge in [-0.25, -0.2) is 0 Å². The van der Waals surface area contributed by atoms with E-state index in [1.54, 1.807) is 11.8 Å². The van der Waals surface area contributed by atoms with Crippen molar-refractivity contribution in [1.29, 1.82) is 0 Å². The van der Waals surface area contributed by atoms with Gasteiger partial charge in [-0.1, -0.05) is 30.7 Å². The number of aryl methyl sites for hydroxylation is 2. The van der Waals surface area contributed by atoms with Crippen LogP contribution in [-0.4, -0.2) is 18.2 Å². The monoisotopic (exact) mass is 251 g/mol. The summed E-state index contributed by atoms with van der Waals surface area (Å²) in [5.74, 6) is 1.60. The van der Waals surface area contributed by atoms with E-state index in [0.717, 1.165) is 18.7 Å². The van der Waals surface area contributed by atoms with Crippen LogP contribution in [0.2, 0.25) is 0 Å². The Kier molecular flexibility index (Phi) is 6.12. The van der Waals surface area contributed by atoms with Gasteiger partial charge in [0.15, 0.2) is 0 Å². The van der Waals surface area contributed by atoms with Crippen LogP contribution in [0.25, 0.3) is 0 Å². The van der Waals surface area contributed by atoms with Crippen LogP contribution in [0.4, 0.5) is 0 Å². The zero-order valence-electron chi connectivity index (χ0n) is 10.9. The summed E-state index contributed by atoms with van der Waals surface area (Å²) in [7, 11) is 0. The molecule has 0 aliphatic rings. The first kappa shape index (κ1) is 14.1. The molecule has 0 aromatic heterocycles. The number of amides is 1. The summed E-state index contributed by atoms with van der Waals surface area (Å²) in [4.78, 5) is 11.4. The summed E-state index contributed by atoms with van der Waals surface area (Å²) in [6.45, 7) is 7.06. The molecule has 1 N–H and O–H groups in total. The molecule has 0 aliphatic carbocycles. The molecule has 3 heteroatoms. The standard InChI is InChI=1S/C14H21NOS/c1-4-7-15-14(16)10-17-9-13-8-11(2)5-6-12(13)3/h5-6,8H,4,7,9-10H2,1-3H3,(H,15,16). The Balaban J connectivity index is 2.35. The molecule has 0 saturated carbocycles. The molecular formula is C14H21NOS. The lowest BCUT2D eigenvalue weighted by Gasteiger charge is -2.07. The van der Waals surface area contributed by atoms with Gasteiger partial charge in [0.25, 0.3) is 0 Å². The Morgan fingerprint density at radius 1 is 1.35 bits per heavy atom. The third-order valence-corrected chi connectivity index (χ3v) is 3.55. The first-order chi connectivity index (χ1) is 8.13. The molecule has 17 heavy (non-hydrogen) atoms. The van der Waals surface area contributed by atoms with Crippen molar-refractivity contribution in [1.82, 2.24) is 5.32 Å². The van der Waals surface area contributed by atoms with E-state index in [4.69, 9.17) is 0 Å². The highest BCUT2D eigenvalue weighted by Crippen LogP contribution is 2.17. The summed E-state index contributed by atoms with van der Waals surface area (Å²) >= 11 is 1.68. The smallest absolute Gasteiger partial charge is 0.230 e. The predicted octanol–water partition coefficient (Wildman–Crippen LogP) is 3.06. The van der Waals surface area contributed by atoms with Crippen molar-refractivity contribution in [3.63, 3.8) is 0 Å². The van der Waals surface area contributed by atoms with Crippen molar-refractivity contribution < 1.29 is 4.79 Å². The maximum Gasteiger partial charge on any atom is 0.230 e. The zero-order valence-corrected chi connectivity index (χ0v) is 11.7. The van der Waals surface area contributed by atoms with E-state index in [2.05, 4.69) is 44.3 Å². The van der Waals surface area contributed by atoms with Gasteiger partial charge in [-0.15, -0.1) is 11.8 Å². The van der Waals surface area contributed by atoms with Gasteiger partial charge in [0.1, 0.15) is 0 Å². The second-order valence-electron chi connectivity index (χ2n) is 4.27. The summed E-state index contributed by atoms with van der Waals surface area (Å²) in [5, 5.41) is 2.88. The molecule has 94 valence electrons. The lowest BCUT2D eigenvalue weighted by molar-refractivity contribution is -0.118. The van der Waals surface area contributed by atoms with Crippen molar-refractivity contribution in [2.45, 2.75) is 32.9 Å². The first-order valence-corrected chi connectivity index (χ1v) is 7.19. The average Bonchev–Trinajstić information content (AvgIpc) is 2.31.